The van der Waals surface area contributed by atoms with Crippen molar-refractivity contribution in [1.29, 1.82) is 0 Å². The van der Waals surface area contributed by atoms with E-state index in [0.717, 1.165) is 0 Å². The van der Waals surface area contributed by atoms with Crippen molar-refractivity contribution in [3.05, 3.63) is 36.9 Å². The molecule has 0 aliphatic rings. The van der Waals surface area contributed by atoms with E-state index in [1.165, 1.54) is 41.6 Å². The molecule has 1 aromatic carbocycles. The number of aromatic nitrogens is 3. The standard InChI is InChI=1S/C11H8F4N4O/c12-9(13)11(14,15)10(20)18-7-1-3-8(4-2-7)19-6-16-5-17-19/h1-6,9H,(H,18,20). The largest absolute Gasteiger partial charge is 0.383 e. The van der Waals surface area contributed by atoms with Crippen molar-refractivity contribution >= 4 is 11.6 Å². The van der Waals surface area contributed by atoms with Crippen LogP contribution in [0.15, 0.2) is 36.9 Å². The molecule has 2 rings (SSSR count). The first-order valence-corrected chi connectivity index (χ1v) is 5.33. The van der Waals surface area contributed by atoms with Crippen molar-refractivity contribution in [1.82, 2.24) is 14.8 Å². The molecule has 1 aromatic heterocycles. The fourth-order valence-corrected chi connectivity index (χ4v) is 1.35. The minimum absolute atomic E-state index is 0.0285. The molecular weight excluding hydrogens is 280 g/mol. The molecule has 0 aliphatic heterocycles. The van der Waals surface area contributed by atoms with Gasteiger partial charge in [0, 0.05) is 5.69 Å². The molecule has 0 spiro atoms. The normalized spacial score (nSPS) is 11.7. The molecule has 0 unspecified atom stereocenters. The fourth-order valence-electron chi connectivity index (χ4n) is 1.35. The summed E-state index contributed by atoms with van der Waals surface area (Å²) in [7, 11) is 0. The Kier molecular flexibility index (Phi) is 3.68. The highest BCUT2D eigenvalue weighted by Gasteiger charge is 2.48. The topological polar surface area (TPSA) is 59.8 Å². The monoisotopic (exact) mass is 288 g/mol. The molecule has 0 bridgehead atoms. The van der Waals surface area contributed by atoms with Crippen LogP contribution in [0.2, 0.25) is 0 Å². The Morgan fingerprint density at radius 2 is 1.90 bits per heavy atom. The van der Waals surface area contributed by atoms with Crippen LogP contribution in [0.4, 0.5) is 23.2 Å². The van der Waals surface area contributed by atoms with Gasteiger partial charge in [0.1, 0.15) is 12.7 Å². The van der Waals surface area contributed by atoms with Gasteiger partial charge in [-0.1, -0.05) is 0 Å². The van der Waals surface area contributed by atoms with E-state index in [1.54, 1.807) is 5.32 Å². The number of amides is 1. The highest BCUT2D eigenvalue weighted by atomic mass is 19.3. The van der Waals surface area contributed by atoms with E-state index < -0.39 is 18.3 Å². The fraction of sp³-hybridized carbons (Fsp3) is 0.182. The van der Waals surface area contributed by atoms with Crippen LogP contribution in [-0.4, -0.2) is 33.0 Å². The van der Waals surface area contributed by atoms with Crippen LogP contribution in [0.3, 0.4) is 0 Å². The maximum absolute atomic E-state index is 12.7. The maximum atomic E-state index is 12.7. The van der Waals surface area contributed by atoms with Gasteiger partial charge in [0.15, 0.2) is 0 Å². The molecule has 0 atom stereocenters. The molecule has 0 radical (unpaired) electrons. The van der Waals surface area contributed by atoms with Gasteiger partial charge in [-0.15, -0.1) is 0 Å². The Labute approximate surface area is 110 Å². The molecule has 106 valence electrons. The van der Waals surface area contributed by atoms with E-state index in [4.69, 9.17) is 0 Å². The Morgan fingerprint density at radius 1 is 1.25 bits per heavy atom. The number of carbonyl (C=O) groups is 1. The van der Waals surface area contributed by atoms with E-state index in [0.29, 0.717) is 5.69 Å². The number of rotatable bonds is 4. The molecule has 1 heterocycles. The highest BCUT2D eigenvalue weighted by molar-refractivity contribution is 5.96. The second-order valence-corrected chi connectivity index (χ2v) is 3.76. The van der Waals surface area contributed by atoms with E-state index in [-0.39, 0.29) is 5.69 Å². The number of alkyl halides is 4. The second-order valence-electron chi connectivity index (χ2n) is 3.76. The van der Waals surface area contributed by atoms with Crippen molar-refractivity contribution in [2.75, 3.05) is 5.32 Å². The third-order valence-electron chi connectivity index (χ3n) is 2.39. The predicted octanol–water partition coefficient (Wildman–Crippen LogP) is 2.11. The number of benzene rings is 1. The second kappa shape index (κ2) is 5.27. The lowest BCUT2D eigenvalue weighted by Crippen LogP contribution is -2.40. The molecule has 1 amide bonds. The third-order valence-corrected chi connectivity index (χ3v) is 2.39. The van der Waals surface area contributed by atoms with Gasteiger partial charge in [-0.3, -0.25) is 4.79 Å². The summed E-state index contributed by atoms with van der Waals surface area (Å²) in [5.74, 6) is -6.79. The number of hydrogen-bond acceptors (Lipinski definition) is 3. The van der Waals surface area contributed by atoms with Crippen molar-refractivity contribution in [3.63, 3.8) is 0 Å². The summed E-state index contributed by atoms with van der Waals surface area (Å²) in [4.78, 5) is 14.7. The first-order chi connectivity index (χ1) is 9.41. The van der Waals surface area contributed by atoms with Crippen LogP contribution in [0.5, 0.6) is 0 Å². The molecule has 9 heteroatoms. The average molecular weight is 288 g/mol. The van der Waals surface area contributed by atoms with Gasteiger partial charge in [0.2, 0.25) is 0 Å². The molecule has 1 N–H and O–H groups in total. The minimum atomic E-state index is -4.73. The van der Waals surface area contributed by atoms with Crippen LogP contribution in [0.1, 0.15) is 0 Å². The van der Waals surface area contributed by atoms with Gasteiger partial charge < -0.3 is 5.32 Å². The first-order valence-electron chi connectivity index (χ1n) is 5.33. The molecule has 5 nitrogen and oxygen atoms in total. The van der Waals surface area contributed by atoms with Gasteiger partial charge in [-0.05, 0) is 24.3 Å². The summed E-state index contributed by atoms with van der Waals surface area (Å²) < 4.78 is 50.9. The van der Waals surface area contributed by atoms with Gasteiger partial charge in [-0.25, -0.2) is 18.4 Å². The first kappa shape index (κ1) is 14.0. The zero-order valence-electron chi connectivity index (χ0n) is 9.80. The van der Waals surface area contributed by atoms with E-state index >= 15 is 0 Å². The summed E-state index contributed by atoms with van der Waals surface area (Å²) in [6.45, 7) is 0. The average Bonchev–Trinajstić information content (AvgIpc) is 2.93. The Hall–Kier alpha value is -2.45. The summed E-state index contributed by atoms with van der Waals surface area (Å²) >= 11 is 0. The molecule has 0 fully saturated rings. The lowest BCUT2D eigenvalue weighted by Gasteiger charge is -2.14. The third kappa shape index (κ3) is 2.76. The van der Waals surface area contributed by atoms with Crippen molar-refractivity contribution < 1.29 is 22.4 Å². The summed E-state index contributed by atoms with van der Waals surface area (Å²) in [5, 5.41) is 5.56. The summed E-state index contributed by atoms with van der Waals surface area (Å²) in [6.07, 6.45) is -1.34. The van der Waals surface area contributed by atoms with Crippen LogP contribution in [-0.2, 0) is 4.79 Å². The van der Waals surface area contributed by atoms with E-state index in [1.807, 2.05) is 0 Å². The van der Waals surface area contributed by atoms with Crippen LogP contribution in [0.25, 0.3) is 5.69 Å². The lowest BCUT2D eigenvalue weighted by molar-refractivity contribution is -0.163. The zero-order chi connectivity index (χ0) is 14.8. The van der Waals surface area contributed by atoms with Gasteiger partial charge >= 0.3 is 18.3 Å². The van der Waals surface area contributed by atoms with Crippen LogP contribution >= 0.6 is 0 Å². The highest BCUT2D eigenvalue weighted by Crippen LogP contribution is 2.25. The number of nitrogens with zero attached hydrogens (tertiary/aromatic N) is 3. The molecule has 0 aliphatic carbocycles. The number of hydrogen-bond donors (Lipinski definition) is 1. The number of halogens is 4. The Balaban J connectivity index is 2.10. The van der Waals surface area contributed by atoms with Crippen LogP contribution in [0, 0.1) is 0 Å². The van der Waals surface area contributed by atoms with Gasteiger partial charge in [0.05, 0.1) is 5.69 Å². The van der Waals surface area contributed by atoms with E-state index in [2.05, 4.69) is 10.1 Å². The van der Waals surface area contributed by atoms with Gasteiger partial charge in [0.25, 0.3) is 0 Å². The smallest absolute Gasteiger partial charge is 0.321 e. The summed E-state index contributed by atoms with van der Waals surface area (Å²) in [6, 6.07) is 5.50. The zero-order valence-corrected chi connectivity index (χ0v) is 9.80. The van der Waals surface area contributed by atoms with Crippen molar-refractivity contribution in [2.24, 2.45) is 0 Å². The van der Waals surface area contributed by atoms with Crippen LogP contribution < -0.4 is 5.32 Å². The number of carbonyl (C=O) groups excluding carboxylic acids is 1. The molecule has 0 saturated carbocycles. The molecule has 2 aromatic rings. The van der Waals surface area contributed by atoms with Crippen molar-refractivity contribution in [2.45, 2.75) is 12.3 Å². The summed E-state index contributed by atoms with van der Waals surface area (Å²) in [5.41, 5.74) is 0.542. The Morgan fingerprint density at radius 3 is 2.40 bits per heavy atom. The Bertz CT molecular complexity index is 583. The number of anilines is 1. The molecule has 0 saturated heterocycles. The minimum Gasteiger partial charge on any atom is -0.321 e. The maximum Gasteiger partial charge on any atom is 0.383 e. The predicted molar refractivity (Wildman–Crippen MR) is 60.9 cm³/mol. The molecule has 20 heavy (non-hydrogen) atoms. The lowest BCUT2D eigenvalue weighted by atomic mass is 10.2. The molecular formula is C11H8F4N4O. The van der Waals surface area contributed by atoms with E-state index in [9.17, 15) is 22.4 Å². The van der Waals surface area contributed by atoms with Gasteiger partial charge in [-0.2, -0.15) is 13.9 Å². The quantitative estimate of drug-likeness (QED) is 0.876. The SMILES string of the molecule is O=C(Nc1ccc(-n2cncn2)cc1)C(F)(F)C(F)F. The van der Waals surface area contributed by atoms with Crippen molar-refractivity contribution in [3.8, 4) is 5.69 Å². The number of nitrogens with one attached hydrogen (secondary N) is 1.